The van der Waals surface area contributed by atoms with E-state index < -0.39 is 5.97 Å². The van der Waals surface area contributed by atoms with Crippen molar-refractivity contribution in [3.8, 4) is 0 Å². The summed E-state index contributed by atoms with van der Waals surface area (Å²) in [7, 11) is 0. The Labute approximate surface area is 101 Å². The fourth-order valence-electron chi connectivity index (χ4n) is 1.45. The first kappa shape index (κ1) is 11.6. The third-order valence-corrected chi connectivity index (χ3v) is 3.11. The van der Waals surface area contributed by atoms with E-state index >= 15 is 0 Å². The van der Waals surface area contributed by atoms with E-state index in [4.69, 9.17) is 5.11 Å². The normalized spacial score (nSPS) is 14.8. The second-order valence-corrected chi connectivity index (χ2v) is 4.34. The van der Waals surface area contributed by atoms with Crippen LogP contribution < -0.4 is 5.69 Å². The summed E-state index contributed by atoms with van der Waals surface area (Å²) >= 11 is 1.19. The van der Waals surface area contributed by atoms with Crippen LogP contribution in [-0.4, -0.2) is 38.4 Å². The van der Waals surface area contributed by atoms with E-state index in [1.807, 2.05) is 23.3 Å². The summed E-state index contributed by atoms with van der Waals surface area (Å²) in [6.07, 6.45) is 5.69. The maximum absolute atomic E-state index is 10.9. The van der Waals surface area contributed by atoms with Gasteiger partial charge in [0.2, 0.25) is 0 Å². The third kappa shape index (κ3) is 3.04. The van der Waals surface area contributed by atoms with Crippen LogP contribution >= 0.6 is 11.5 Å². The maximum Gasteiger partial charge on any atom is 0.355 e. The minimum absolute atomic E-state index is 0.114. The zero-order chi connectivity index (χ0) is 12.3. The number of carboxylic acids is 1. The minimum atomic E-state index is -0.807. The smallest absolute Gasteiger partial charge is 0.355 e. The van der Waals surface area contributed by atoms with Gasteiger partial charge in [0.25, 0.3) is 0 Å². The van der Waals surface area contributed by atoms with E-state index in [1.165, 1.54) is 11.5 Å². The Kier molecular flexibility index (Phi) is 3.38. The van der Waals surface area contributed by atoms with E-state index in [2.05, 4.69) is 9.36 Å². The van der Waals surface area contributed by atoms with Crippen molar-refractivity contribution in [2.75, 3.05) is 13.1 Å². The molecule has 0 aliphatic carbocycles. The lowest BCUT2D eigenvalue weighted by Gasteiger charge is -2.20. The molecule has 0 fully saturated rings. The molecule has 7 heteroatoms. The predicted octanol–water partition coefficient (Wildman–Crippen LogP) is 0.519. The number of carboxylic acid groups (broad SMARTS) is 1. The van der Waals surface area contributed by atoms with E-state index in [9.17, 15) is 9.59 Å². The van der Waals surface area contributed by atoms with Gasteiger partial charge in [0.1, 0.15) is 5.01 Å². The van der Waals surface area contributed by atoms with Crippen LogP contribution in [-0.2, 0) is 4.79 Å². The fraction of sp³-hybridized carbons (Fsp3) is 0.300. The molecular formula is C10H11N3O3S. The molecular weight excluding hydrogens is 242 g/mol. The summed E-state index contributed by atoms with van der Waals surface area (Å²) in [6.45, 7) is 1.11. The molecule has 1 aliphatic heterocycles. The van der Waals surface area contributed by atoms with E-state index in [-0.39, 0.29) is 12.1 Å². The molecule has 0 atom stereocenters. The first-order valence-corrected chi connectivity index (χ1v) is 5.87. The van der Waals surface area contributed by atoms with Gasteiger partial charge in [-0.2, -0.15) is 4.98 Å². The van der Waals surface area contributed by atoms with Crippen molar-refractivity contribution in [2.24, 2.45) is 0 Å². The van der Waals surface area contributed by atoms with E-state index in [1.54, 1.807) is 0 Å². The summed E-state index contributed by atoms with van der Waals surface area (Å²) in [5, 5.41) is 9.22. The molecule has 0 saturated carbocycles. The molecule has 0 unspecified atom stereocenters. The molecule has 1 aromatic heterocycles. The molecule has 2 heterocycles. The van der Waals surface area contributed by atoms with Crippen LogP contribution in [0.3, 0.4) is 0 Å². The number of aromatic amines is 1. The predicted molar refractivity (Wildman–Crippen MR) is 63.7 cm³/mol. The Morgan fingerprint density at radius 1 is 1.65 bits per heavy atom. The fourth-order valence-corrected chi connectivity index (χ4v) is 2.07. The van der Waals surface area contributed by atoms with Crippen LogP contribution in [0.25, 0.3) is 5.57 Å². The monoisotopic (exact) mass is 253 g/mol. The molecule has 0 aromatic carbocycles. The van der Waals surface area contributed by atoms with Gasteiger partial charge >= 0.3 is 11.7 Å². The number of rotatable bonds is 4. The summed E-state index contributed by atoms with van der Waals surface area (Å²) in [6, 6.07) is 0. The number of allylic oxidation sites excluding steroid dienone is 2. The molecule has 0 radical (unpaired) electrons. The van der Waals surface area contributed by atoms with E-state index in [0.717, 1.165) is 5.57 Å². The molecule has 0 bridgehead atoms. The van der Waals surface area contributed by atoms with Crippen LogP contribution in [0, 0.1) is 0 Å². The molecule has 0 saturated heterocycles. The van der Waals surface area contributed by atoms with Crippen molar-refractivity contribution >= 4 is 23.1 Å². The molecule has 0 spiro atoms. The van der Waals surface area contributed by atoms with Crippen molar-refractivity contribution in [3.05, 3.63) is 33.8 Å². The van der Waals surface area contributed by atoms with Crippen molar-refractivity contribution in [1.82, 2.24) is 14.3 Å². The zero-order valence-electron chi connectivity index (χ0n) is 8.92. The number of carbonyl (C=O) groups is 1. The number of aromatic nitrogens is 2. The zero-order valence-corrected chi connectivity index (χ0v) is 9.74. The highest BCUT2D eigenvalue weighted by molar-refractivity contribution is 7.06. The summed E-state index contributed by atoms with van der Waals surface area (Å²) in [5.74, 6) is -0.807. The lowest BCUT2D eigenvalue weighted by Crippen LogP contribution is -2.22. The quantitative estimate of drug-likeness (QED) is 0.817. The molecule has 1 aliphatic rings. The van der Waals surface area contributed by atoms with Crippen molar-refractivity contribution < 1.29 is 9.90 Å². The average molecular weight is 253 g/mol. The van der Waals surface area contributed by atoms with Crippen LogP contribution in [0.15, 0.2) is 23.1 Å². The molecule has 2 rings (SSSR count). The first-order chi connectivity index (χ1) is 8.15. The highest BCUT2D eigenvalue weighted by atomic mass is 32.1. The molecule has 6 nitrogen and oxygen atoms in total. The number of nitrogens with zero attached hydrogens (tertiary/aromatic N) is 2. The van der Waals surface area contributed by atoms with Gasteiger partial charge in [-0.3, -0.25) is 9.17 Å². The molecule has 2 N–H and O–H groups in total. The average Bonchev–Trinajstić information content (AvgIpc) is 2.74. The van der Waals surface area contributed by atoms with Crippen molar-refractivity contribution in [1.29, 1.82) is 0 Å². The van der Waals surface area contributed by atoms with Gasteiger partial charge in [0.15, 0.2) is 0 Å². The lowest BCUT2D eigenvalue weighted by atomic mass is 10.2. The van der Waals surface area contributed by atoms with Gasteiger partial charge in [0, 0.05) is 24.9 Å². The van der Waals surface area contributed by atoms with Gasteiger partial charge < -0.3 is 10.0 Å². The largest absolute Gasteiger partial charge is 0.481 e. The Bertz CT molecular complexity index is 529. The highest BCUT2D eigenvalue weighted by Gasteiger charge is 2.10. The number of aliphatic carboxylic acids is 1. The third-order valence-electron chi connectivity index (χ3n) is 2.31. The van der Waals surface area contributed by atoms with Crippen LogP contribution in [0.5, 0.6) is 0 Å². The maximum atomic E-state index is 10.9. The number of hydrogen-bond donors (Lipinski definition) is 2. The second kappa shape index (κ2) is 4.96. The summed E-state index contributed by atoms with van der Waals surface area (Å²) < 4.78 is 2.53. The summed E-state index contributed by atoms with van der Waals surface area (Å²) in [4.78, 5) is 27.0. The van der Waals surface area contributed by atoms with Crippen LogP contribution in [0.2, 0.25) is 0 Å². The van der Waals surface area contributed by atoms with Crippen molar-refractivity contribution in [3.63, 3.8) is 0 Å². The van der Waals surface area contributed by atoms with Crippen molar-refractivity contribution in [2.45, 2.75) is 6.42 Å². The van der Waals surface area contributed by atoms with Gasteiger partial charge in [-0.25, -0.2) is 4.79 Å². The second-order valence-electron chi connectivity index (χ2n) is 3.54. The van der Waals surface area contributed by atoms with Gasteiger partial charge in [0.05, 0.1) is 6.42 Å². The lowest BCUT2D eigenvalue weighted by molar-refractivity contribution is -0.137. The summed E-state index contributed by atoms with van der Waals surface area (Å²) in [5.41, 5.74) is 0.549. The van der Waals surface area contributed by atoms with Gasteiger partial charge in [-0.05, 0) is 17.6 Å². The van der Waals surface area contributed by atoms with Gasteiger partial charge in [-0.15, -0.1) is 0 Å². The Morgan fingerprint density at radius 2 is 2.47 bits per heavy atom. The Hall–Kier alpha value is -1.89. The topological polar surface area (TPSA) is 86.3 Å². The Balaban J connectivity index is 1.97. The molecule has 0 amide bonds. The van der Waals surface area contributed by atoms with E-state index in [0.29, 0.717) is 18.1 Å². The standard InChI is InChI=1S/C10H11N3O3S/c14-8(15)3-6-13-4-1-7(2-5-13)9-11-10(16)12-17-9/h1-2,4H,3,5-6H2,(H,12,16)(H,14,15). The molecule has 17 heavy (non-hydrogen) atoms. The highest BCUT2D eigenvalue weighted by Crippen LogP contribution is 2.18. The van der Waals surface area contributed by atoms with Gasteiger partial charge in [-0.1, -0.05) is 6.08 Å². The molecule has 1 aromatic rings. The molecule has 90 valence electrons. The first-order valence-electron chi connectivity index (χ1n) is 5.05. The van der Waals surface area contributed by atoms with Crippen LogP contribution in [0.1, 0.15) is 11.4 Å². The Morgan fingerprint density at radius 3 is 3.00 bits per heavy atom. The number of hydrogen-bond acceptors (Lipinski definition) is 5. The minimum Gasteiger partial charge on any atom is -0.481 e. The number of nitrogens with one attached hydrogen (secondary N) is 1. The number of H-pyrrole nitrogens is 1. The van der Waals surface area contributed by atoms with Crippen LogP contribution in [0.4, 0.5) is 0 Å². The SMILES string of the molecule is O=C(O)CCN1C=CC(c2nc(=O)[nH]s2)=CC1.